The van der Waals surface area contributed by atoms with E-state index < -0.39 is 11.7 Å². The van der Waals surface area contributed by atoms with E-state index in [4.69, 9.17) is 0 Å². The number of benzene rings is 3. The van der Waals surface area contributed by atoms with Crippen LogP contribution in [0.15, 0.2) is 85.1 Å². The minimum Gasteiger partial charge on any atom is -0.390 e. The van der Waals surface area contributed by atoms with Crippen LogP contribution in [0.1, 0.15) is 46.3 Å². The first-order chi connectivity index (χ1) is 15.7. The van der Waals surface area contributed by atoms with Crippen LogP contribution in [0.2, 0.25) is 0 Å². The molecule has 0 heterocycles. The highest BCUT2D eigenvalue weighted by Gasteiger charge is 2.30. The number of likely N-dealkylation sites (N-methyl/N-ethyl adjacent to an activating group) is 1. The van der Waals surface area contributed by atoms with Crippen LogP contribution in [0.5, 0.6) is 0 Å². The molecule has 174 valence electrons. The second-order valence-electron chi connectivity index (χ2n) is 8.08. The number of halogens is 4. The maximum absolute atomic E-state index is 13.9. The molecule has 2 nitrogen and oxygen atoms in total. The van der Waals surface area contributed by atoms with Gasteiger partial charge in [0.15, 0.2) is 0 Å². The van der Waals surface area contributed by atoms with E-state index in [1.54, 1.807) is 20.0 Å². The lowest BCUT2D eigenvalue weighted by atomic mass is 9.94. The van der Waals surface area contributed by atoms with Gasteiger partial charge >= 0.3 is 6.18 Å². The van der Waals surface area contributed by atoms with Crippen LogP contribution >= 0.6 is 0 Å². The molecule has 0 aromatic heterocycles. The largest absolute Gasteiger partial charge is 0.416 e. The van der Waals surface area contributed by atoms with Gasteiger partial charge in [-0.25, -0.2) is 4.39 Å². The summed E-state index contributed by atoms with van der Waals surface area (Å²) in [6, 6.07) is 19.7. The highest BCUT2D eigenvalue weighted by molar-refractivity contribution is 5.31. The molecule has 0 aliphatic heterocycles. The third-order valence-electron chi connectivity index (χ3n) is 5.76. The average molecular weight is 457 g/mol. The Bertz CT molecular complexity index is 1060. The number of alkyl halides is 3. The first-order valence-corrected chi connectivity index (χ1v) is 10.8. The van der Waals surface area contributed by atoms with Crippen molar-refractivity contribution in [1.29, 1.82) is 0 Å². The number of hydrogen-bond acceptors (Lipinski definition) is 2. The van der Waals surface area contributed by atoms with Gasteiger partial charge in [-0.15, -0.1) is 0 Å². The fourth-order valence-electron chi connectivity index (χ4n) is 3.79. The smallest absolute Gasteiger partial charge is 0.390 e. The minimum absolute atomic E-state index is 0.179. The molecule has 0 radical (unpaired) electrons. The Balaban J connectivity index is 1.87. The number of nitrogens with one attached hydrogen (secondary N) is 2. The monoisotopic (exact) mass is 456 g/mol. The molecule has 2 atom stereocenters. The second-order valence-corrected chi connectivity index (χ2v) is 8.08. The second kappa shape index (κ2) is 10.7. The summed E-state index contributed by atoms with van der Waals surface area (Å²) in [6.45, 7) is 5.85. The van der Waals surface area contributed by atoms with E-state index in [0.717, 1.165) is 34.5 Å². The van der Waals surface area contributed by atoms with Gasteiger partial charge in [-0.3, -0.25) is 5.32 Å². The van der Waals surface area contributed by atoms with Crippen molar-refractivity contribution in [2.24, 2.45) is 0 Å². The molecule has 0 spiro atoms. The predicted octanol–water partition coefficient (Wildman–Crippen LogP) is 6.89. The van der Waals surface area contributed by atoms with Crippen LogP contribution < -0.4 is 10.6 Å². The van der Waals surface area contributed by atoms with Crippen LogP contribution in [-0.4, -0.2) is 7.05 Å². The third-order valence-corrected chi connectivity index (χ3v) is 5.76. The SMILES string of the molecule is C=C(NC)[C@H](N[C@H](CCc1ccc(C(F)(F)F)cc1)c1ccc(F)c(C)c1)c1ccccc1. The molecule has 0 saturated carbocycles. The van der Waals surface area contributed by atoms with Crippen molar-refractivity contribution in [2.45, 2.75) is 38.0 Å². The molecule has 3 aromatic rings. The van der Waals surface area contributed by atoms with Crippen molar-refractivity contribution in [2.75, 3.05) is 7.05 Å². The van der Waals surface area contributed by atoms with E-state index in [1.165, 1.54) is 18.2 Å². The van der Waals surface area contributed by atoms with Crippen LogP contribution in [0, 0.1) is 12.7 Å². The average Bonchev–Trinajstić information content (AvgIpc) is 2.81. The molecule has 3 aromatic carbocycles. The Labute approximate surface area is 192 Å². The van der Waals surface area contributed by atoms with E-state index in [0.29, 0.717) is 18.4 Å². The van der Waals surface area contributed by atoms with Gasteiger partial charge in [-0.2, -0.15) is 13.2 Å². The Morgan fingerprint density at radius 1 is 0.939 bits per heavy atom. The molecule has 0 saturated heterocycles. The van der Waals surface area contributed by atoms with Gasteiger partial charge in [0.1, 0.15) is 5.82 Å². The summed E-state index contributed by atoms with van der Waals surface area (Å²) in [5.74, 6) is -0.278. The highest BCUT2D eigenvalue weighted by atomic mass is 19.4. The summed E-state index contributed by atoms with van der Waals surface area (Å²) in [6.07, 6.45) is -3.19. The maximum atomic E-state index is 13.9. The Hall–Kier alpha value is -3.12. The standard InChI is InChI=1S/C27H28F4N2/c1-18-17-22(12-15-24(18)28)25(16-11-20-9-13-23(14-10-20)27(29,30)31)33-26(19(2)32-3)21-7-5-4-6-8-21/h4-10,12-15,17,25-26,32-33H,2,11,16H2,1,3H3/t25-,26+/m1/s1. The molecule has 0 unspecified atom stereocenters. The van der Waals surface area contributed by atoms with Gasteiger partial charge in [-0.05, 0) is 60.2 Å². The lowest BCUT2D eigenvalue weighted by molar-refractivity contribution is -0.137. The maximum Gasteiger partial charge on any atom is 0.416 e. The first kappa shape index (κ1) is 24.5. The van der Waals surface area contributed by atoms with E-state index in [-0.39, 0.29) is 17.9 Å². The zero-order chi connectivity index (χ0) is 24.0. The van der Waals surface area contributed by atoms with Crippen LogP contribution in [0.3, 0.4) is 0 Å². The summed E-state index contributed by atoms with van der Waals surface area (Å²) in [7, 11) is 1.80. The number of aryl methyl sites for hydroxylation is 2. The van der Waals surface area contributed by atoms with Crippen LogP contribution in [-0.2, 0) is 12.6 Å². The summed E-state index contributed by atoms with van der Waals surface area (Å²) < 4.78 is 52.6. The zero-order valence-corrected chi connectivity index (χ0v) is 18.7. The number of rotatable bonds is 9. The highest BCUT2D eigenvalue weighted by Crippen LogP contribution is 2.31. The van der Waals surface area contributed by atoms with Gasteiger partial charge < -0.3 is 5.32 Å². The molecule has 33 heavy (non-hydrogen) atoms. The molecule has 0 aliphatic rings. The van der Waals surface area contributed by atoms with Gasteiger partial charge in [0.2, 0.25) is 0 Å². The Morgan fingerprint density at radius 3 is 2.18 bits per heavy atom. The molecule has 0 amide bonds. The number of hydrogen-bond donors (Lipinski definition) is 2. The molecule has 0 aliphatic carbocycles. The van der Waals surface area contributed by atoms with Crippen molar-refractivity contribution in [3.05, 3.63) is 119 Å². The van der Waals surface area contributed by atoms with Crippen LogP contribution in [0.25, 0.3) is 0 Å². The molecule has 0 fully saturated rings. The van der Waals surface area contributed by atoms with Crippen molar-refractivity contribution in [1.82, 2.24) is 10.6 Å². The summed E-state index contributed by atoms with van der Waals surface area (Å²) in [5.41, 5.74) is 3.39. The quantitative estimate of drug-likeness (QED) is 0.343. The Morgan fingerprint density at radius 2 is 1.61 bits per heavy atom. The molecular weight excluding hydrogens is 428 g/mol. The van der Waals surface area contributed by atoms with Crippen molar-refractivity contribution >= 4 is 0 Å². The predicted molar refractivity (Wildman–Crippen MR) is 124 cm³/mol. The first-order valence-electron chi connectivity index (χ1n) is 10.8. The van der Waals surface area contributed by atoms with Crippen molar-refractivity contribution in [3.63, 3.8) is 0 Å². The van der Waals surface area contributed by atoms with Crippen molar-refractivity contribution < 1.29 is 17.6 Å². The summed E-state index contributed by atoms with van der Waals surface area (Å²) in [5, 5.41) is 6.74. The van der Waals surface area contributed by atoms with Crippen molar-refractivity contribution in [3.8, 4) is 0 Å². The molecular formula is C27H28F4N2. The topological polar surface area (TPSA) is 24.1 Å². The van der Waals surface area contributed by atoms with Gasteiger partial charge in [0.05, 0.1) is 11.6 Å². The fraction of sp³-hybridized carbons (Fsp3) is 0.259. The lowest BCUT2D eigenvalue weighted by Gasteiger charge is -2.28. The van der Waals surface area contributed by atoms with Crippen LogP contribution in [0.4, 0.5) is 17.6 Å². The normalized spacial score (nSPS) is 13.4. The van der Waals surface area contributed by atoms with Gasteiger partial charge in [-0.1, -0.05) is 61.2 Å². The van der Waals surface area contributed by atoms with Gasteiger partial charge in [0.25, 0.3) is 0 Å². The van der Waals surface area contributed by atoms with E-state index >= 15 is 0 Å². The minimum atomic E-state index is -4.36. The third kappa shape index (κ3) is 6.45. The lowest BCUT2D eigenvalue weighted by Crippen LogP contribution is -2.31. The van der Waals surface area contributed by atoms with E-state index in [2.05, 4.69) is 17.2 Å². The summed E-state index contributed by atoms with van der Waals surface area (Å²) >= 11 is 0. The fourth-order valence-corrected chi connectivity index (χ4v) is 3.79. The summed E-state index contributed by atoms with van der Waals surface area (Å²) in [4.78, 5) is 0. The Kier molecular flexibility index (Phi) is 7.92. The molecule has 2 N–H and O–H groups in total. The van der Waals surface area contributed by atoms with E-state index in [9.17, 15) is 17.6 Å². The van der Waals surface area contributed by atoms with Gasteiger partial charge in [0, 0.05) is 18.8 Å². The van der Waals surface area contributed by atoms with E-state index in [1.807, 2.05) is 36.4 Å². The molecule has 0 bridgehead atoms. The molecule has 3 rings (SSSR count). The molecule has 6 heteroatoms. The zero-order valence-electron chi connectivity index (χ0n) is 18.7.